The Kier molecular flexibility index (Phi) is 4.20. The van der Waals surface area contributed by atoms with Gasteiger partial charge in [0, 0.05) is 25.0 Å². The molecule has 2 rings (SSSR count). The van der Waals surface area contributed by atoms with Crippen LogP contribution in [0.15, 0.2) is 42.7 Å². The molecule has 3 N–H and O–H groups in total. The highest BCUT2D eigenvalue weighted by Gasteiger charge is 2.17. The van der Waals surface area contributed by atoms with Crippen LogP contribution in [0.5, 0.6) is 5.75 Å². The number of aromatic nitrogens is 1. The summed E-state index contributed by atoms with van der Waals surface area (Å²) < 4.78 is 0. The van der Waals surface area contributed by atoms with Crippen molar-refractivity contribution in [3.05, 3.63) is 53.9 Å². The predicted octanol–water partition coefficient (Wildman–Crippen LogP) is 2.03. The molecular weight excluding hydrogens is 254 g/mol. The lowest BCUT2D eigenvalue weighted by atomic mass is 10.1. The summed E-state index contributed by atoms with van der Waals surface area (Å²) in [4.78, 5) is 17.8. The third kappa shape index (κ3) is 3.06. The van der Waals surface area contributed by atoms with Gasteiger partial charge in [-0.25, -0.2) is 0 Å². The Bertz CT molecular complexity index is 614. The first-order valence-electron chi connectivity index (χ1n) is 6.38. The molecule has 2 aromatic rings. The van der Waals surface area contributed by atoms with E-state index in [1.54, 1.807) is 11.0 Å². The molecule has 1 amide bonds. The highest BCUT2D eigenvalue weighted by Crippen LogP contribution is 2.18. The van der Waals surface area contributed by atoms with Crippen molar-refractivity contribution < 1.29 is 9.90 Å². The van der Waals surface area contributed by atoms with Crippen LogP contribution in [0.25, 0.3) is 0 Å². The second kappa shape index (κ2) is 6.06. The quantitative estimate of drug-likeness (QED) is 0.834. The van der Waals surface area contributed by atoms with Crippen molar-refractivity contribution in [2.24, 2.45) is 0 Å². The lowest BCUT2D eigenvalue weighted by molar-refractivity contribution is 0.0749. The fraction of sp³-hybridized carbons (Fsp3) is 0.200. The van der Waals surface area contributed by atoms with E-state index in [4.69, 9.17) is 5.73 Å². The van der Waals surface area contributed by atoms with E-state index in [-0.39, 0.29) is 17.2 Å². The van der Waals surface area contributed by atoms with Crippen LogP contribution in [-0.2, 0) is 6.54 Å². The van der Waals surface area contributed by atoms with Crippen LogP contribution in [0.1, 0.15) is 22.8 Å². The van der Waals surface area contributed by atoms with Crippen molar-refractivity contribution in [3.8, 4) is 5.75 Å². The van der Waals surface area contributed by atoms with E-state index in [1.165, 1.54) is 18.5 Å². The predicted molar refractivity (Wildman–Crippen MR) is 77.2 cm³/mol. The summed E-state index contributed by atoms with van der Waals surface area (Å²) in [6, 6.07) is 8.92. The first-order valence-corrected chi connectivity index (χ1v) is 6.38. The van der Waals surface area contributed by atoms with Crippen LogP contribution in [0.3, 0.4) is 0 Å². The number of hydrogen-bond donors (Lipinski definition) is 2. The Hall–Kier alpha value is -2.56. The first-order chi connectivity index (χ1) is 9.61. The maximum Gasteiger partial charge on any atom is 0.258 e. The Morgan fingerprint density at radius 2 is 2.20 bits per heavy atom. The molecule has 1 heterocycles. The first kappa shape index (κ1) is 13.9. The molecule has 0 unspecified atom stereocenters. The van der Waals surface area contributed by atoms with Gasteiger partial charge in [-0.15, -0.1) is 0 Å². The monoisotopic (exact) mass is 271 g/mol. The SMILES string of the molecule is CCN(Cc1cccc(N)c1)C(=O)c1ccncc1O. The van der Waals surface area contributed by atoms with Gasteiger partial charge in [0.2, 0.25) is 0 Å². The molecule has 0 aliphatic rings. The smallest absolute Gasteiger partial charge is 0.258 e. The van der Waals surface area contributed by atoms with Gasteiger partial charge in [0.1, 0.15) is 5.75 Å². The summed E-state index contributed by atoms with van der Waals surface area (Å²) in [5, 5.41) is 9.71. The highest BCUT2D eigenvalue weighted by atomic mass is 16.3. The normalized spacial score (nSPS) is 10.2. The maximum absolute atomic E-state index is 12.4. The van der Waals surface area contributed by atoms with Crippen molar-refractivity contribution in [3.63, 3.8) is 0 Å². The Morgan fingerprint density at radius 1 is 1.40 bits per heavy atom. The van der Waals surface area contributed by atoms with Crippen LogP contribution in [-0.4, -0.2) is 27.4 Å². The van der Waals surface area contributed by atoms with E-state index in [1.807, 2.05) is 25.1 Å². The number of nitrogens with two attached hydrogens (primary N) is 1. The average molecular weight is 271 g/mol. The summed E-state index contributed by atoms with van der Waals surface area (Å²) >= 11 is 0. The molecule has 0 radical (unpaired) electrons. The fourth-order valence-corrected chi connectivity index (χ4v) is 1.98. The van der Waals surface area contributed by atoms with Gasteiger partial charge < -0.3 is 15.7 Å². The zero-order valence-corrected chi connectivity index (χ0v) is 11.3. The summed E-state index contributed by atoms with van der Waals surface area (Å²) in [5.41, 5.74) is 7.61. The largest absolute Gasteiger partial charge is 0.505 e. The van der Waals surface area contributed by atoms with Crippen LogP contribution < -0.4 is 5.73 Å². The van der Waals surface area contributed by atoms with Gasteiger partial charge in [0.15, 0.2) is 0 Å². The molecule has 0 fully saturated rings. The number of amides is 1. The lowest BCUT2D eigenvalue weighted by Gasteiger charge is -2.21. The summed E-state index contributed by atoms with van der Waals surface area (Å²) in [5.74, 6) is -0.335. The van der Waals surface area contributed by atoms with Crippen molar-refractivity contribution >= 4 is 11.6 Å². The Balaban J connectivity index is 2.20. The number of rotatable bonds is 4. The minimum atomic E-state index is -0.227. The van der Waals surface area contributed by atoms with Gasteiger partial charge in [0.25, 0.3) is 5.91 Å². The molecule has 0 saturated carbocycles. The third-order valence-corrected chi connectivity index (χ3v) is 3.02. The number of nitrogens with zero attached hydrogens (tertiary/aromatic N) is 2. The average Bonchev–Trinajstić information content (AvgIpc) is 2.44. The molecule has 1 aromatic carbocycles. The fourth-order valence-electron chi connectivity index (χ4n) is 1.98. The summed E-state index contributed by atoms with van der Waals surface area (Å²) in [6.45, 7) is 2.87. The third-order valence-electron chi connectivity index (χ3n) is 3.02. The minimum Gasteiger partial charge on any atom is -0.505 e. The molecule has 5 nitrogen and oxygen atoms in total. The number of carbonyl (C=O) groups is 1. The molecule has 0 atom stereocenters. The van der Waals surface area contributed by atoms with E-state index in [9.17, 15) is 9.90 Å². The van der Waals surface area contributed by atoms with Gasteiger partial charge in [-0.3, -0.25) is 9.78 Å². The van der Waals surface area contributed by atoms with Gasteiger partial charge in [-0.2, -0.15) is 0 Å². The molecule has 0 bridgehead atoms. The van der Waals surface area contributed by atoms with Gasteiger partial charge in [0.05, 0.1) is 11.8 Å². The van der Waals surface area contributed by atoms with Crippen LogP contribution >= 0.6 is 0 Å². The lowest BCUT2D eigenvalue weighted by Crippen LogP contribution is -2.30. The number of nitrogen functional groups attached to an aromatic ring is 1. The number of anilines is 1. The zero-order chi connectivity index (χ0) is 14.5. The minimum absolute atomic E-state index is 0.108. The van der Waals surface area contributed by atoms with Crippen molar-refractivity contribution in [1.29, 1.82) is 0 Å². The number of carbonyl (C=O) groups excluding carboxylic acids is 1. The summed E-state index contributed by atoms with van der Waals surface area (Å²) in [7, 11) is 0. The Labute approximate surface area is 117 Å². The number of pyridine rings is 1. The zero-order valence-electron chi connectivity index (χ0n) is 11.3. The molecule has 0 aliphatic heterocycles. The molecule has 0 spiro atoms. The molecule has 0 aliphatic carbocycles. The van der Waals surface area contributed by atoms with Crippen molar-refractivity contribution in [2.75, 3.05) is 12.3 Å². The van der Waals surface area contributed by atoms with Crippen LogP contribution in [0.4, 0.5) is 5.69 Å². The van der Waals surface area contributed by atoms with Gasteiger partial charge in [-0.05, 0) is 30.7 Å². The van der Waals surface area contributed by atoms with Crippen LogP contribution in [0.2, 0.25) is 0 Å². The van der Waals surface area contributed by atoms with E-state index in [0.29, 0.717) is 18.8 Å². The molecular formula is C15H17N3O2. The standard InChI is InChI=1S/C15H17N3O2/c1-2-18(10-11-4-3-5-12(16)8-11)15(20)13-6-7-17-9-14(13)19/h3-9,19H,2,10,16H2,1H3. The van der Waals surface area contributed by atoms with Crippen molar-refractivity contribution in [1.82, 2.24) is 9.88 Å². The van der Waals surface area contributed by atoms with E-state index in [2.05, 4.69) is 4.98 Å². The van der Waals surface area contributed by atoms with Gasteiger partial charge >= 0.3 is 0 Å². The second-order valence-electron chi connectivity index (χ2n) is 4.46. The molecule has 0 saturated heterocycles. The molecule has 20 heavy (non-hydrogen) atoms. The highest BCUT2D eigenvalue weighted by molar-refractivity contribution is 5.96. The number of hydrogen-bond acceptors (Lipinski definition) is 4. The topological polar surface area (TPSA) is 79.5 Å². The number of aromatic hydroxyl groups is 1. The van der Waals surface area contributed by atoms with E-state index < -0.39 is 0 Å². The molecule has 1 aromatic heterocycles. The van der Waals surface area contributed by atoms with E-state index >= 15 is 0 Å². The maximum atomic E-state index is 12.4. The Morgan fingerprint density at radius 3 is 2.85 bits per heavy atom. The summed E-state index contributed by atoms with van der Waals surface area (Å²) in [6.07, 6.45) is 2.75. The number of benzene rings is 1. The second-order valence-corrected chi connectivity index (χ2v) is 4.46. The molecule has 104 valence electrons. The van der Waals surface area contributed by atoms with Crippen LogP contribution in [0, 0.1) is 0 Å². The molecule has 5 heteroatoms. The van der Waals surface area contributed by atoms with Crippen molar-refractivity contribution in [2.45, 2.75) is 13.5 Å². The van der Waals surface area contributed by atoms with Gasteiger partial charge in [-0.1, -0.05) is 12.1 Å². The van der Waals surface area contributed by atoms with E-state index in [0.717, 1.165) is 5.56 Å².